The van der Waals surface area contributed by atoms with Crippen LogP contribution in [-0.2, 0) is 11.3 Å². The lowest BCUT2D eigenvalue weighted by Gasteiger charge is -2.09. The Balaban J connectivity index is 2.76. The molecule has 2 aromatic rings. The number of hydrogen-bond acceptors (Lipinski definition) is 3. The minimum absolute atomic E-state index is 0.450. The lowest BCUT2D eigenvalue weighted by molar-refractivity contribution is 0.182. The molecule has 0 radical (unpaired) electrons. The summed E-state index contributed by atoms with van der Waals surface area (Å²) < 4.78 is 5.05. The summed E-state index contributed by atoms with van der Waals surface area (Å²) in [5, 5.41) is 1.45. The third kappa shape index (κ3) is 1.84. The summed E-state index contributed by atoms with van der Waals surface area (Å²) in [5.74, 6) is 0. The number of benzene rings is 1. The first-order valence-electron chi connectivity index (χ1n) is 4.96. The van der Waals surface area contributed by atoms with E-state index in [-0.39, 0.29) is 0 Å². The molecule has 2 N–H and O–H groups in total. The van der Waals surface area contributed by atoms with Gasteiger partial charge in [0, 0.05) is 18.2 Å². The minimum Gasteiger partial charge on any atom is -0.398 e. The number of nitrogens with zero attached hydrogens (tertiary/aromatic N) is 1. The molecular formula is C12H13ClN2O. The molecule has 0 bridgehead atoms. The van der Waals surface area contributed by atoms with Crippen LogP contribution in [-0.4, -0.2) is 12.1 Å². The maximum Gasteiger partial charge on any atom is 0.0885 e. The Morgan fingerprint density at radius 3 is 2.88 bits per heavy atom. The normalized spacial score (nSPS) is 10.9. The average molecular weight is 237 g/mol. The van der Waals surface area contributed by atoms with Crippen molar-refractivity contribution in [2.24, 2.45) is 0 Å². The maximum absolute atomic E-state index is 6.11. The van der Waals surface area contributed by atoms with Gasteiger partial charge in [-0.2, -0.15) is 0 Å². The van der Waals surface area contributed by atoms with E-state index in [1.807, 2.05) is 19.1 Å². The van der Waals surface area contributed by atoms with E-state index in [9.17, 15) is 0 Å². The summed E-state index contributed by atoms with van der Waals surface area (Å²) in [5.41, 5.74) is 9.34. The summed E-state index contributed by atoms with van der Waals surface area (Å²) in [6.45, 7) is 2.44. The van der Waals surface area contributed by atoms with Crippen LogP contribution in [0.15, 0.2) is 18.2 Å². The number of hydrogen-bond donors (Lipinski definition) is 1. The molecule has 3 nitrogen and oxygen atoms in total. The highest BCUT2D eigenvalue weighted by Gasteiger charge is 2.09. The van der Waals surface area contributed by atoms with E-state index in [4.69, 9.17) is 22.1 Å². The molecule has 0 spiro atoms. The van der Waals surface area contributed by atoms with E-state index < -0.39 is 0 Å². The largest absolute Gasteiger partial charge is 0.398 e. The molecule has 0 aliphatic heterocycles. The Morgan fingerprint density at radius 1 is 1.44 bits per heavy atom. The SMILES string of the molecule is COCc1cc(N)c2c(Cl)ccc(C)c2n1. The smallest absolute Gasteiger partial charge is 0.0885 e. The molecule has 1 aromatic carbocycles. The van der Waals surface area contributed by atoms with Crippen molar-refractivity contribution >= 4 is 28.2 Å². The molecule has 1 heterocycles. The van der Waals surface area contributed by atoms with E-state index in [0.29, 0.717) is 17.3 Å². The number of nitrogens with two attached hydrogens (primary N) is 1. The second kappa shape index (κ2) is 4.28. The molecule has 2 rings (SSSR count). The fourth-order valence-electron chi connectivity index (χ4n) is 1.74. The number of halogens is 1. The van der Waals surface area contributed by atoms with Gasteiger partial charge in [-0.05, 0) is 24.6 Å². The Bertz CT molecular complexity index is 540. The van der Waals surface area contributed by atoms with Crippen LogP contribution in [0.4, 0.5) is 5.69 Å². The molecule has 0 saturated heterocycles. The number of methoxy groups -OCH3 is 1. The van der Waals surface area contributed by atoms with Gasteiger partial charge in [-0.3, -0.25) is 0 Å². The van der Waals surface area contributed by atoms with Gasteiger partial charge >= 0.3 is 0 Å². The van der Waals surface area contributed by atoms with E-state index in [0.717, 1.165) is 22.2 Å². The zero-order valence-electron chi connectivity index (χ0n) is 9.25. The summed E-state index contributed by atoms with van der Waals surface area (Å²) in [6, 6.07) is 5.58. The van der Waals surface area contributed by atoms with Crippen molar-refractivity contribution in [3.05, 3.63) is 34.5 Å². The van der Waals surface area contributed by atoms with E-state index in [1.54, 1.807) is 13.2 Å². The summed E-state index contributed by atoms with van der Waals surface area (Å²) >= 11 is 6.11. The van der Waals surface area contributed by atoms with Crippen LogP contribution in [0.25, 0.3) is 10.9 Å². The molecular weight excluding hydrogens is 224 g/mol. The van der Waals surface area contributed by atoms with E-state index in [1.165, 1.54) is 0 Å². The quantitative estimate of drug-likeness (QED) is 0.872. The summed E-state index contributed by atoms with van der Waals surface area (Å²) in [4.78, 5) is 4.50. The average Bonchev–Trinajstić information content (AvgIpc) is 2.23. The topological polar surface area (TPSA) is 48.1 Å². The first kappa shape index (κ1) is 11.2. The van der Waals surface area contributed by atoms with Gasteiger partial charge in [-0.25, -0.2) is 4.98 Å². The molecule has 0 aliphatic carbocycles. The number of aryl methyl sites for hydroxylation is 1. The minimum atomic E-state index is 0.450. The van der Waals surface area contributed by atoms with Gasteiger partial charge < -0.3 is 10.5 Å². The number of aromatic nitrogens is 1. The molecule has 0 amide bonds. The predicted octanol–water partition coefficient (Wildman–Crippen LogP) is 2.93. The fourth-order valence-corrected chi connectivity index (χ4v) is 2.00. The molecule has 84 valence electrons. The maximum atomic E-state index is 6.11. The standard InChI is InChI=1S/C12H13ClN2O/c1-7-3-4-9(13)11-10(14)5-8(6-16-2)15-12(7)11/h3-5H,6H2,1-2H3,(H2,14,15). The predicted molar refractivity (Wildman–Crippen MR) is 66.6 cm³/mol. The highest BCUT2D eigenvalue weighted by atomic mass is 35.5. The van der Waals surface area contributed by atoms with Crippen molar-refractivity contribution in [1.82, 2.24) is 4.98 Å². The Kier molecular flexibility index (Phi) is 2.99. The molecule has 0 saturated carbocycles. The van der Waals surface area contributed by atoms with Crippen molar-refractivity contribution in [2.75, 3.05) is 12.8 Å². The van der Waals surface area contributed by atoms with Gasteiger partial charge in [-0.1, -0.05) is 17.7 Å². The van der Waals surface area contributed by atoms with Crippen LogP contribution < -0.4 is 5.73 Å². The molecule has 16 heavy (non-hydrogen) atoms. The van der Waals surface area contributed by atoms with Crippen molar-refractivity contribution in [3.63, 3.8) is 0 Å². The fraction of sp³-hybridized carbons (Fsp3) is 0.250. The van der Waals surface area contributed by atoms with Crippen LogP contribution in [0.3, 0.4) is 0 Å². The number of ether oxygens (including phenoxy) is 1. The van der Waals surface area contributed by atoms with Crippen molar-refractivity contribution in [3.8, 4) is 0 Å². The number of fused-ring (bicyclic) bond motifs is 1. The Morgan fingerprint density at radius 2 is 2.19 bits per heavy atom. The van der Waals surface area contributed by atoms with Gasteiger partial charge in [0.15, 0.2) is 0 Å². The molecule has 0 aliphatic rings. The van der Waals surface area contributed by atoms with Gasteiger partial charge in [0.05, 0.1) is 22.8 Å². The van der Waals surface area contributed by atoms with E-state index in [2.05, 4.69) is 4.98 Å². The second-order valence-electron chi connectivity index (χ2n) is 3.72. The van der Waals surface area contributed by atoms with E-state index >= 15 is 0 Å². The Hall–Kier alpha value is -1.32. The van der Waals surface area contributed by atoms with Crippen LogP contribution in [0.2, 0.25) is 5.02 Å². The zero-order valence-corrected chi connectivity index (χ0v) is 10.0. The second-order valence-corrected chi connectivity index (χ2v) is 4.13. The lowest BCUT2D eigenvalue weighted by atomic mass is 10.1. The van der Waals surface area contributed by atoms with Crippen molar-refractivity contribution in [1.29, 1.82) is 0 Å². The van der Waals surface area contributed by atoms with Gasteiger partial charge in [0.1, 0.15) is 0 Å². The molecule has 0 unspecified atom stereocenters. The first-order valence-corrected chi connectivity index (χ1v) is 5.34. The molecule has 0 atom stereocenters. The number of rotatable bonds is 2. The van der Waals surface area contributed by atoms with Crippen molar-refractivity contribution in [2.45, 2.75) is 13.5 Å². The summed E-state index contributed by atoms with van der Waals surface area (Å²) in [6.07, 6.45) is 0. The third-order valence-electron chi connectivity index (χ3n) is 2.49. The van der Waals surface area contributed by atoms with Gasteiger partial charge in [-0.15, -0.1) is 0 Å². The van der Waals surface area contributed by atoms with Crippen LogP contribution in [0, 0.1) is 6.92 Å². The summed E-state index contributed by atoms with van der Waals surface area (Å²) in [7, 11) is 1.63. The Labute approximate surface area is 99.2 Å². The monoisotopic (exact) mass is 236 g/mol. The molecule has 1 aromatic heterocycles. The highest BCUT2D eigenvalue weighted by Crippen LogP contribution is 2.30. The highest BCUT2D eigenvalue weighted by molar-refractivity contribution is 6.36. The molecule has 0 fully saturated rings. The van der Waals surface area contributed by atoms with Crippen molar-refractivity contribution < 1.29 is 4.74 Å². The molecule has 4 heteroatoms. The number of anilines is 1. The van der Waals surface area contributed by atoms with Gasteiger partial charge in [0.2, 0.25) is 0 Å². The van der Waals surface area contributed by atoms with Gasteiger partial charge in [0.25, 0.3) is 0 Å². The van der Waals surface area contributed by atoms with Crippen LogP contribution >= 0.6 is 11.6 Å². The first-order chi connectivity index (χ1) is 7.63. The lowest BCUT2D eigenvalue weighted by Crippen LogP contribution is -1.98. The third-order valence-corrected chi connectivity index (χ3v) is 2.80. The number of nitrogen functional groups attached to an aromatic ring is 1. The van der Waals surface area contributed by atoms with Crippen LogP contribution in [0.1, 0.15) is 11.3 Å². The van der Waals surface area contributed by atoms with Crippen LogP contribution in [0.5, 0.6) is 0 Å². The number of pyridine rings is 1. The zero-order chi connectivity index (χ0) is 11.7.